The lowest BCUT2D eigenvalue weighted by atomic mass is 9.85. The Morgan fingerprint density at radius 1 is 1.38 bits per heavy atom. The van der Waals surface area contributed by atoms with Crippen LogP contribution in [-0.4, -0.2) is 36.1 Å². The number of carboxylic acid groups (broad SMARTS) is 1. The van der Waals surface area contributed by atoms with Gasteiger partial charge in [-0.25, -0.2) is 4.79 Å². The summed E-state index contributed by atoms with van der Waals surface area (Å²) in [4.78, 5) is 24.6. The number of nitrogens with zero attached hydrogens (tertiary/aromatic N) is 1. The van der Waals surface area contributed by atoms with E-state index in [9.17, 15) is 9.59 Å². The van der Waals surface area contributed by atoms with Crippen molar-refractivity contribution in [1.82, 2.24) is 5.32 Å². The van der Waals surface area contributed by atoms with Gasteiger partial charge in [0, 0.05) is 36.9 Å². The van der Waals surface area contributed by atoms with Crippen molar-refractivity contribution in [2.24, 2.45) is 5.92 Å². The Hall–Kier alpha value is -2.24. The summed E-state index contributed by atoms with van der Waals surface area (Å²) in [5.41, 5.74) is 7.19. The van der Waals surface area contributed by atoms with Gasteiger partial charge in [-0.3, -0.25) is 4.79 Å². The van der Waals surface area contributed by atoms with Gasteiger partial charge in [-0.15, -0.1) is 0 Å². The fourth-order valence-electron chi connectivity index (χ4n) is 3.29. The van der Waals surface area contributed by atoms with Crippen LogP contribution in [-0.2, 0) is 4.79 Å². The summed E-state index contributed by atoms with van der Waals surface area (Å²) < 4.78 is 0. The second-order valence-electron chi connectivity index (χ2n) is 5.78. The van der Waals surface area contributed by atoms with Gasteiger partial charge in [0.15, 0.2) is 0 Å². The molecule has 1 amide bonds. The molecule has 0 aromatic heterocycles. The van der Waals surface area contributed by atoms with Crippen LogP contribution in [0.3, 0.4) is 0 Å². The number of rotatable bonds is 2. The lowest BCUT2D eigenvalue weighted by Gasteiger charge is -2.42. The predicted octanol–water partition coefficient (Wildman–Crippen LogP) is 1.07. The molecular weight excluding hydrogens is 270 g/mol. The van der Waals surface area contributed by atoms with Crippen LogP contribution in [0.2, 0.25) is 0 Å². The standard InChI is InChI=1S/C15H19N3O3/c16-12-7-10(2-3-11(12)15(20)21)18-6-5-13-9(8-18)1-4-14(19)17-13/h2-3,7,9,13H,1,4-6,8,16H2,(H,17,19)(H,20,21). The van der Waals surface area contributed by atoms with Crippen molar-refractivity contribution in [3.63, 3.8) is 0 Å². The highest BCUT2D eigenvalue weighted by atomic mass is 16.4. The van der Waals surface area contributed by atoms with Crippen molar-refractivity contribution in [2.75, 3.05) is 23.7 Å². The summed E-state index contributed by atoms with van der Waals surface area (Å²) in [6, 6.07) is 5.37. The number of anilines is 2. The summed E-state index contributed by atoms with van der Waals surface area (Å²) in [5, 5.41) is 12.1. The monoisotopic (exact) mass is 289 g/mol. The maximum atomic E-state index is 11.4. The molecule has 0 aliphatic carbocycles. The topological polar surface area (TPSA) is 95.7 Å². The molecule has 2 saturated heterocycles. The Bertz CT molecular complexity index is 588. The van der Waals surface area contributed by atoms with Crippen LogP contribution in [0.1, 0.15) is 29.6 Å². The number of nitrogens with two attached hydrogens (primary N) is 1. The van der Waals surface area contributed by atoms with Crippen LogP contribution in [0.15, 0.2) is 18.2 Å². The zero-order chi connectivity index (χ0) is 15.0. The number of nitrogen functional groups attached to an aromatic ring is 1. The van der Waals surface area contributed by atoms with Gasteiger partial charge >= 0.3 is 5.97 Å². The number of nitrogens with one attached hydrogen (secondary N) is 1. The fraction of sp³-hybridized carbons (Fsp3) is 0.467. The van der Waals surface area contributed by atoms with E-state index < -0.39 is 5.97 Å². The zero-order valence-corrected chi connectivity index (χ0v) is 11.7. The second kappa shape index (κ2) is 5.27. The molecule has 1 aromatic carbocycles. The Balaban J connectivity index is 1.75. The van der Waals surface area contributed by atoms with Gasteiger partial charge in [0.2, 0.25) is 5.91 Å². The third kappa shape index (κ3) is 2.66. The van der Waals surface area contributed by atoms with Crippen LogP contribution in [0.25, 0.3) is 0 Å². The number of hydrogen-bond acceptors (Lipinski definition) is 4. The van der Waals surface area contributed by atoms with Crippen molar-refractivity contribution in [2.45, 2.75) is 25.3 Å². The molecule has 0 radical (unpaired) electrons. The van der Waals surface area contributed by atoms with E-state index in [1.54, 1.807) is 12.1 Å². The minimum atomic E-state index is -1.01. The maximum absolute atomic E-state index is 11.4. The number of carbonyl (C=O) groups is 2. The van der Waals surface area contributed by atoms with Gasteiger partial charge in [0.1, 0.15) is 0 Å². The molecule has 21 heavy (non-hydrogen) atoms. The molecule has 1 aromatic rings. The summed E-state index contributed by atoms with van der Waals surface area (Å²) in [6.07, 6.45) is 2.42. The first-order valence-electron chi connectivity index (χ1n) is 7.21. The molecule has 2 unspecified atom stereocenters. The van der Waals surface area contributed by atoms with Crippen LogP contribution in [0.5, 0.6) is 0 Å². The average Bonchev–Trinajstić information content (AvgIpc) is 2.46. The third-order valence-electron chi connectivity index (χ3n) is 4.45. The Morgan fingerprint density at radius 3 is 2.90 bits per heavy atom. The van der Waals surface area contributed by atoms with E-state index in [0.717, 1.165) is 31.6 Å². The minimum Gasteiger partial charge on any atom is -0.478 e. The van der Waals surface area contributed by atoms with E-state index >= 15 is 0 Å². The number of piperidine rings is 2. The summed E-state index contributed by atoms with van der Waals surface area (Å²) >= 11 is 0. The smallest absolute Gasteiger partial charge is 0.337 e. The minimum absolute atomic E-state index is 0.138. The van der Waals surface area contributed by atoms with Crippen LogP contribution in [0.4, 0.5) is 11.4 Å². The lowest BCUT2D eigenvalue weighted by Crippen LogP contribution is -2.54. The van der Waals surface area contributed by atoms with Gasteiger partial charge < -0.3 is 21.1 Å². The van der Waals surface area contributed by atoms with Crippen molar-refractivity contribution in [1.29, 1.82) is 0 Å². The summed E-state index contributed by atoms with van der Waals surface area (Å²) in [5.74, 6) is -0.399. The van der Waals surface area contributed by atoms with Crippen molar-refractivity contribution < 1.29 is 14.7 Å². The van der Waals surface area contributed by atoms with E-state index in [1.165, 1.54) is 0 Å². The molecule has 2 atom stereocenters. The molecular formula is C15H19N3O3. The molecule has 4 N–H and O–H groups in total. The molecule has 0 saturated carbocycles. The van der Waals surface area contributed by atoms with Crippen molar-refractivity contribution >= 4 is 23.3 Å². The van der Waals surface area contributed by atoms with Crippen molar-refractivity contribution in [3.05, 3.63) is 23.8 Å². The third-order valence-corrected chi connectivity index (χ3v) is 4.45. The fourth-order valence-corrected chi connectivity index (χ4v) is 3.29. The summed E-state index contributed by atoms with van der Waals surface area (Å²) in [6.45, 7) is 1.71. The molecule has 2 fully saturated rings. The Kier molecular flexibility index (Phi) is 3.45. The molecule has 0 bridgehead atoms. The number of aromatic carboxylic acids is 1. The number of hydrogen-bond donors (Lipinski definition) is 3. The molecule has 6 nitrogen and oxygen atoms in total. The number of carbonyl (C=O) groups excluding carboxylic acids is 1. The highest BCUT2D eigenvalue weighted by molar-refractivity contribution is 5.94. The highest BCUT2D eigenvalue weighted by Gasteiger charge is 2.33. The van der Waals surface area contributed by atoms with Crippen LogP contribution >= 0.6 is 0 Å². The Morgan fingerprint density at radius 2 is 2.19 bits per heavy atom. The molecule has 2 aliphatic heterocycles. The summed E-state index contributed by atoms with van der Waals surface area (Å²) in [7, 11) is 0. The van der Waals surface area contributed by atoms with Gasteiger partial charge in [0.05, 0.1) is 5.56 Å². The van der Waals surface area contributed by atoms with Gasteiger partial charge in [-0.05, 0) is 37.0 Å². The number of benzene rings is 1. The SMILES string of the molecule is Nc1cc(N2CCC3NC(=O)CCC3C2)ccc1C(=O)O. The van der Waals surface area contributed by atoms with E-state index in [2.05, 4.69) is 10.2 Å². The first-order chi connectivity index (χ1) is 10.0. The normalized spacial score (nSPS) is 25.1. The lowest BCUT2D eigenvalue weighted by molar-refractivity contribution is -0.124. The molecule has 0 spiro atoms. The number of fused-ring (bicyclic) bond motifs is 1. The van der Waals surface area contributed by atoms with Crippen LogP contribution in [0, 0.1) is 5.92 Å². The quantitative estimate of drug-likeness (QED) is 0.708. The van der Waals surface area contributed by atoms with Crippen molar-refractivity contribution in [3.8, 4) is 0 Å². The van der Waals surface area contributed by atoms with Gasteiger partial charge in [0.25, 0.3) is 0 Å². The largest absolute Gasteiger partial charge is 0.478 e. The zero-order valence-electron chi connectivity index (χ0n) is 11.7. The van der Waals surface area contributed by atoms with Gasteiger partial charge in [-0.1, -0.05) is 0 Å². The molecule has 3 rings (SSSR count). The van der Waals surface area contributed by atoms with E-state index in [1.807, 2.05) is 6.07 Å². The second-order valence-corrected chi connectivity index (χ2v) is 5.78. The number of amides is 1. The highest BCUT2D eigenvalue weighted by Crippen LogP contribution is 2.30. The first kappa shape index (κ1) is 13.7. The molecule has 6 heteroatoms. The molecule has 112 valence electrons. The maximum Gasteiger partial charge on any atom is 0.337 e. The van der Waals surface area contributed by atoms with E-state index in [4.69, 9.17) is 10.8 Å². The average molecular weight is 289 g/mol. The number of carboxylic acids is 1. The Labute approximate surface area is 122 Å². The van der Waals surface area contributed by atoms with E-state index in [0.29, 0.717) is 18.0 Å². The molecule has 2 aliphatic rings. The van der Waals surface area contributed by atoms with Crippen LogP contribution < -0.4 is 16.0 Å². The predicted molar refractivity (Wildman–Crippen MR) is 79.3 cm³/mol. The first-order valence-corrected chi connectivity index (χ1v) is 7.21. The van der Waals surface area contributed by atoms with Gasteiger partial charge in [-0.2, -0.15) is 0 Å². The molecule has 2 heterocycles. The van der Waals surface area contributed by atoms with E-state index in [-0.39, 0.29) is 17.5 Å².